The number of unbranched alkanes of at least 4 members (excludes halogenated alkanes) is 8. The smallest absolute Gasteiger partial charge is 0.306 e. The molecule has 7 nitrogen and oxygen atoms in total. The van der Waals surface area contributed by atoms with Crippen molar-refractivity contribution in [2.45, 2.75) is 135 Å². The monoisotopic (exact) mass is 616 g/mol. The second-order valence-electron chi connectivity index (χ2n) is 10.9. The summed E-state index contributed by atoms with van der Waals surface area (Å²) < 4.78 is 10.4. The number of hydrogen-bond donors (Lipinski definition) is 3. The van der Waals surface area contributed by atoms with Gasteiger partial charge in [0, 0.05) is 12.8 Å². The third kappa shape index (κ3) is 29.3. The molecule has 44 heavy (non-hydrogen) atoms. The Hall–Kier alpha value is -2.74. The van der Waals surface area contributed by atoms with Gasteiger partial charge >= 0.3 is 11.9 Å². The molecule has 7 heteroatoms. The largest absolute Gasteiger partial charge is 0.462 e. The fourth-order valence-electron chi connectivity index (χ4n) is 4.11. The highest BCUT2D eigenvalue weighted by Gasteiger charge is 2.15. The van der Waals surface area contributed by atoms with E-state index in [2.05, 4.69) is 13.8 Å². The van der Waals surface area contributed by atoms with Gasteiger partial charge in [-0.2, -0.15) is 0 Å². The third-order valence-corrected chi connectivity index (χ3v) is 6.69. The van der Waals surface area contributed by atoms with Crippen LogP contribution in [0.25, 0.3) is 0 Å². The Morgan fingerprint density at radius 3 is 1.82 bits per heavy atom. The van der Waals surface area contributed by atoms with Crippen LogP contribution < -0.4 is 0 Å². The molecule has 0 fully saturated rings. The summed E-state index contributed by atoms with van der Waals surface area (Å²) in [6.45, 7) is 3.74. The quantitative estimate of drug-likeness (QED) is 0.0356. The van der Waals surface area contributed by atoms with Crippen molar-refractivity contribution in [1.82, 2.24) is 0 Å². The maximum Gasteiger partial charge on any atom is 0.306 e. The van der Waals surface area contributed by atoms with Gasteiger partial charge in [-0.1, -0.05) is 138 Å². The molecule has 3 atom stereocenters. The molecule has 250 valence electrons. The summed E-state index contributed by atoms with van der Waals surface area (Å²) in [5, 5.41) is 29.3. The van der Waals surface area contributed by atoms with Crippen LogP contribution in [0.3, 0.4) is 0 Å². The Morgan fingerprint density at radius 2 is 1.23 bits per heavy atom. The molecule has 0 aromatic rings. The zero-order chi connectivity index (χ0) is 32.5. The molecule has 0 aliphatic rings. The highest BCUT2D eigenvalue weighted by molar-refractivity contribution is 5.70. The fraction of sp³-hybridized carbons (Fsp3) is 0.622. The zero-order valence-electron chi connectivity index (χ0n) is 27.4. The van der Waals surface area contributed by atoms with Gasteiger partial charge in [0.2, 0.25) is 0 Å². The first kappa shape index (κ1) is 41.3. The summed E-state index contributed by atoms with van der Waals surface area (Å²) in [4.78, 5) is 24.0. The Morgan fingerprint density at radius 1 is 0.659 bits per heavy atom. The maximum atomic E-state index is 12.0. The van der Waals surface area contributed by atoms with Crippen molar-refractivity contribution < 1.29 is 34.4 Å². The Kier molecular flexibility index (Phi) is 29.7. The second-order valence-corrected chi connectivity index (χ2v) is 10.9. The van der Waals surface area contributed by atoms with Gasteiger partial charge in [-0.25, -0.2) is 0 Å². The summed E-state index contributed by atoms with van der Waals surface area (Å²) in [6, 6.07) is 0. The summed E-state index contributed by atoms with van der Waals surface area (Å²) in [6.07, 6.45) is 34.7. The van der Waals surface area contributed by atoms with Gasteiger partial charge in [-0.3, -0.25) is 9.59 Å². The first-order chi connectivity index (χ1) is 21.4. The van der Waals surface area contributed by atoms with Crippen LogP contribution in [0, 0.1) is 0 Å². The van der Waals surface area contributed by atoms with Crippen molar-refractivity contribution in [3.63, 3.8) is 0 Å². The molecule has 0 heterocycles. The van der Waals surface area contributed by atoms with Crippen LogP contribution in [0.1, 0.15) is 117 Å². The van der Waals surface area contributed by atoms with Gasteiger partial charge in [0.25, 0.3) is 0 Å². The highest BCUT2D eigenvalue weighted by Crippen LogP contribution is 2.11. The maximum absolute atomic E-state index is 12.0. The molecule has 0 saturated heterocycles. The number of carbonyl (C=O) groups excluding carboxylic acids is 2. The van der Waals surface area contributed by atoms with Crippen LogP contribution in [0.5, 0.6) is 0 Å². The van der Waals surface area contributed by atoms with E-state index in [1.807, 2.05) is 48.6 Å². The van der Waals surface area contributed by atoms with Gasteiger partial charge in [0.05, 0.1) is 18.8 Å². The molecule has 0 aliphatic heterocycles. The number of ether oxygens (including phenoxy) is 2. The van der Waals surface area contributed by atoms with Crippen LogP contribution in [-0.2, 0) is 19.1 Å². The lowest BCUT2D eigenvalue weighted by atomic mass is 10.1. The number of aliphatic hydroxyl groups is 3. The Balaban J connectivity index is 3.93. The highest BCUT2D eigenvalue weighted by atomic mass is 16.6. The van der Waals surface area contributed by atoms with E-state index in [0.717, 1.165) is 25.7 Å². The van der Waals surface area contributed by atoms with E-state index in [4.69, 9.17) is 9.47 Å². The van der Waals surface area contributed by atoms with E-state index in [-0.39, 0.29) is 25.6 Å². The summed E-state index contributed by atoms with van der Waals surface area (Å²) in [5.41, 5.74) is 0. The number of allylic oxidation sites excluding steroid dienone is 8. The molecular weight excluding hydrogens is 556 g/mol. The lowest BCUT2D eigenvalue weighted by Gasteiger charge is -2.15. The van der Waals surface area contributed by atoms with Crippen LogP contribution in [-0.4, -0.2) is 58.8 Å². The SMILES string of the molecule is CC/C=C\C[C@@H](O)/C=C/C=C\C=C\[C@@H](O)C/C=C\C/C=C\CCC(=O)OC[C@H](CO)OC(=O)CCCCCCCCCCC. The number of esters is 2. The molecule has 0 saturated carbocycles. The van der Waals surface area contributed by atoms with Crippen molar-refractivity contribution in [2.24, 2.45) is 0 Å². The molecule has 0 unspecified atom stereocenters. The minimum Gasteiger partial charge on any atom is -0.462 e. The van der Waals surface area contributed by atoms with Gasteiger partial charge in [0.1, 0.15) is 6.61 Å². The Labute approximate surface area is 267 Å². The lowest BCUT2D eigenvalue weighted by molar-refractivity contribution is -0.161. The van der Waals surface area contributed by atoms with E-state index in [9.17, 15) is 24.9 Å². The lowest BCUT2D eigenvalue weighted by Crippen LogP contribution is -2.28. The molecule has 0 aromatic carbocycles. The first-order valence-corrected chi connectivity index (χ1v) is 16.7. The van der Waals surface area contributed by atoms with Crippen LogP contribution in [0.15, 0.2) is 72.9 Å². The molecule has 0 bridgehead atoms. The standard InChI is InChI=1S/C37H60O7/c1-3-5-7-8-9-10-11-16-24-30-37(42)44-35(31-38)32-43-36(41)29-23-15-13-12-14-20-26-34(40)28-22-18-17-21-27-33(39)25-19-6-4-2/h6,13-15,17-22,27-28,33-35,38-40H,3-5,7-12,16,23-26,29-32H2,1-2H3/b15-13-,18-17-,19-6-,20-14-,27-21+,28-22+/t33-,34+,35+/m1/s1. The van der Waals surface area contributed by atoms with E-state index in [0.29, 0.717) is 32.1 Å². The van der Waals surface area contributed by atoms with Crippen LogP contribution in [0.2, 0.25) is 0 Å². The average Bonchev–Trinajstić information content (AvgIpc) is 3.01. The molecule has 0 amide bonds. The van der Waals surface area contributed by atoms with Crippen LogP contribution >= 0.6 is 0 Å². The van der Waals surface area contributed by atoms with Gasteiger partial charge < -0.3 is 24.8 Å². The van der Waals surface area contributed by atoms with E-state index in [1.54, 1.807) is 24.3 Å². The van der Waals surface area contributed by atoms with Crippen molar-refractivity contribution in [1.29, 1.82) is 0 Å². The molecule has 0 aromatic heterocycles. The number of carbonyl (C=O) groups is 2. The summed E-state index contributed by atoms with van der Waals surface area (Å²) in [5.74, 6) is -0.770. The van der Waals surface area contributed by atoms with Gasteiger partial charge in [-0.05, 0) is 38.5 Å². The van der Waals surface area contributed by atoms with E-state index >= 15 is 0 Å². The normalized spacial score (nSPS) is 14.6. The van der Waals surface area contributed by atoms with E-state index < -0.39 is 24.3 Å². The van der Waals surface area contributed by atoms with Crippen molar-refractivity contribution in [3.05, 3.63) is 72.9 Å². The van der Waals surface area contributed by atoms with Gasteiger partial charge in [-0.15, -0.1) is 0 Å². The molecule has 0 radical (unpaired) electrons. The van der Waals surface area contributed by atoms with Crippen molar-refractivity contribution >= 4 is 11.9 Å². The van der Waals surface area contributed by atoms with Crippen molar-refractivity contribution in [2.75, 3.05) is 13.2 Å². The number of rotatable bonds is 28. The molecule has 3 N–H and O–H groups in total. The second kappa shape index (κ2) is 31.7. The van der Waals surface area contributed by atoms with Crippen LogP contribution in [0.4, 0.5) is 0 Å². The Bertz CT molecular complexity index is 869. The molecular formula is C37H60O7. The predicted octanol–water partition coefficient (Wildman–Crippen LogP) is 7.77. The third-order valence-electron chi connectivity index (χ3n) is 6.69. The molecule has 0 aliphatic carbocycles. The van der Waals surface area contributed by atoms with E-state index in [1.165, 1.54) is 38.5 Å². The van der Waals surface area contributed by atoms with Crippen molar-refractivity contribution in [3.8, 4) is 0 Å². The zero-order valence-corrected chi connectivity index (χ0v) is 27.4. The predicted molar refractivity (Wildman–Crippen MR) is 180 cm³/mol. The average molecular weight is 617 g/mol. The molecule has 0 rings (SSSR count). The summed E-state index contributed by atoms with van der Waals surface area (Å²) in [7, 11) is 0. The first-order valence-electron chi connectivity index (χ1n) is 16.7. The van der Waals surface area contributed by atoms with Gasteiger partial charge in [0.15, 0.2) is 6.10 Å². The number of aliphatic hydroxyl groups excluding tert-OH is 3. The fourth-order valence-corrected chi connectivity index (χ4v) is 4.11. The minimum atomic E-state index is -0.833. The molecule has 0 spiro atoms. The number of hydrogen-bond acceptors (Lipinski definition) is 7. The minimum absolute atomic E-state index is 0.144. The summed E-state index contributed by atoms with van der Waals surface area (Å²) >= 11 is 0. The topological polar surface area (TPSA) is 113 Å².